The average molecular weight is 436 g/mol. The Morgan fingerprint density at radius 1 is 0.969 bits per heavy atom. The van der Waals surface area contributed by atoms with E-state index in [9.17, 15) is 23.2 Å². The zero-order valence-electron chi connectivity index (χ0n) is 17.1. The van der Waals surface area contributed by atoms with Crippen LogP contribution in [0.1, 0.15) is 38.7 Å². The number of hydrogen-bond donors (Lipinski definition) is 0. The first-order chi connectivity index (χ1) is 15.3. The summed E-state index contributed by atoms with van der Waals surface area (Å²) in [7, 11) is 1.29. The van der Waals surface area contributed by atoms with Crippen molar-refractivity contribution >= 4 is 11.7 Å². The first-order valence-electron chi connectivity index (χ1n) is 9.69. The van der Waals surface area contributed by atoms with Gasteiger partial charge < -0.3 is 4.74 Å². The Hall–Kier alpha value is -3.92. The highest BCUT2D eigenvalue weighted by atomic mass is 19.4. The second-order valence-corrected chi connectivity index (χ2v) is 6.98. The van der Waals surface area contributed by atoms with E-state index in [0.29, 0.717) is 17.5 Å². The maximum atomic E-state index is 12.9. The Morgan fingerprint density at radius 3 is 2.09 bits per heavy atom. The highest BCUT2D eigenvalue weighted by Crippen LogP contribution is 2.30. The summed E-state index contributed by atoms with van der Waals surface area (Å²) in [5, 5.41) is 9.66. The molecule has 3 aromatic rings. The van der Waals surface area contributed by atoms with Crippen LogP contribution in [0.5, 0.6) is 0 Å². The zero-order chi connectivity index (χ0) is 23.1. The number of benzene rings is 3. The molecule has 0 saturated heterocycles. The second kappa shape index (κ2) is 9.92. The molecule has 3 rings (SSSR count). The second-order valence-electron chi connectivity index (χ2n) is 6.98. The number of carbonyl (C=O) groups excluding carboxylic acids is 1. The number of hydrogen-bond acceptors (Lipinski definition) is 4. The Labute approximate surface area is 183 Å². The number of aliphatic imine (C=N–C) groups is 1. The smallest absolute Gasteiger partial charge is 0.416 e. The lowest BCUT2D eigenvalue weighted by Crippen LogP contribution is -2.08. The van der Waals surface area contributed by atoms with Gasteiger partial charge in [-0.25, -0.2) is 4.79 Å². The molecule has 0 amide bonds. The fourth-order valence-electron chi connectivity index (χ4n) is 3.18. The third-order valence-corrected chi connectivity index (χ3v) is 4.86. The predicted molar refractivity (Wildman–Crippen MR) is 114 cm³/mol. The molecule has 0 saturated carbocycles. The van der Waals surface area contributed by atoms with E-state index >= 15 is 0 Å². The van der Waals surface area contributed by atoms with E-state index in [1.165, 1.54) is 19.2 Å². The number of carbonyl (C=O) groups is 1. The molecule has 1 atom stereocenters. The molecule has 0 aromatic heterocycles. The van der Waals surface area contributed by atoms with Gasteiger partial charge in [-0.15, -0.1) is 0 Å². The normalized spacial score (nSPS) is 12.7. The molecule has 0 fully saturated rings. The van der Waals surface area contributed by atoms with E-state index in [1.54, 1.807) is 24.3 Å². The zero-order valence-corrected chi connectivity index (χ0v) is 17.1. The first kappa shape index (κ1) is 22.8. The fraction of sp³-hybridized carbons (Fsp3) is 0.160. The van der Waals surface area contributed by atoms with Gasteiger partial charge in [0.25, 0.3) is 0 Å². The van der Waals surface area contributed by atoms with Crippen molar-refractivity contribution in [2.45, 2.75) is 18.6 Å². The largest absolute Gasteiger partial charge is 0.465 e. The summed E-state index contributed by atoms with van der Waals surface area (Å²) in [5.41, 5.74) is 1.63. The summed E-state index contributed by atoms with van der Waals surface area (Å²) in [6.45, 7) is 0. The van der Waals surface area contributed by atoms with Crippen LogP contribution in [0.25, 0.3) is 0 Å². The highest BCUT2D eigenvalue weighted by molar-refractivity contribution is 6.11. The molecule has 3 aromatic carbocycles. The van der Waals surface area contributed by atoms with Crippen molar-refractivity contribution in [1.29, 1.82) is 5.26 Å². The van der Waals surface area contributed by atoms with Gasteiger partial charge in [0.05, 0.1) is 24.3 Å². The van der Waals surface area contributed by atoms with Gasteiger partial charge in [0.15, 0.2) is 0 Å². The van der Waals surface area contributed by atoms with Crippen LogP contribution >= 0.6 is 0 Å². The number of esters is 1. The van der Waals surface area contributed by atoms with Crippen molar-refractivity contribution in [3.8, 4) is 6.07 Å². The number of halogens is 3. The Morgan fingerprint density at radius 2 is 1.56 bits per heavy atom. The number of nitriles is 1. The molecule has 0 unspecified atom stereocenters. The van der Waals surface area contributed by atoms with Crippen molar-refractivity contribution in [1.82, 2.24) is 0 Å². The van der Waals surface area contributed by atoms with Gasteiger partial charge >= 0.3 is 12.1 Å². The number of rotatable bonds is 6. The number of alkyl halides is 3. The average Bonchev–Trinajstić information content (AvgIpc) is 2.81. The molecule has 7 heteroatoms. The number of ether oxygens (including phenoxy) is 1. The van der Waals surface area contributed by atoms with E-state index in [-0.39, 0.29) is 5.71 Å². The molecule has 0 spiro atoms. The molecule has 0 aliphatic carbocycles. The van der Waals surface area contributed by atoms with Crippen molar-refractivity contribution in [3.05, 3.63) is 107 Å². The van der Waals surface area contributed by atoms with Gasteiger partial charge in [-0.1, -0.05) is 54.6 Å². The fourth-order valence-corrected chi connectivity index (χ4v) is 3.18. The lowest BCUT2D eigenvalue weighted by atomic mass is 9.97. The summed E-state index contributed by atoms with van der Waals surface area (Å²) >= 11 is 0. The Balaban J connectivity index is 1.98. The number of methoxy groups -OCH3 is 1. The van der Waals surface area contributed by atoms with Crippen LogP contribution in [0.4, 0.5) is 13.2 Å². The molecule has 162 valence electrons. The van der Waals surface area contributed by atoms with E-state index in [0.717, 1.165) is 23.3 Å². The van der Waals surface area contributed by atoms with E-state index in [2.05, 4.69) is 4.99 Å². The molecule has 0 heterocycles. The van der Waals surface area contributed by atoms with Crippen molar-refractivity contribution < 1.29 is 22.7 Å². The molecule has 4 nitrogen and oxygen atoms in total. The Kier molecular flexibility index (Phi) is 7.06. The van der Waals surface area contributed by atoms with E-state index < -0.39 is 23.8 Å². The monoisotopic (exact) mass is 436 g/mol. The van der Waals surface area contributed by atoms with Gasteiger partial charge in [0.1, 0.15) is 11.8 Å². The summed E-state index contributed by atoms with van der Waals surface area (Å²) in [5.74, 6) is -0.470. The van der Waals surface area contributed by atoms with Crippen LogP contribution in [-0.2, 0) is 17.3 Å². The van der Waals surface area contributed by atoms with Crippen LogP contribution in [0.15, 0.2) is 83.9 Å². The maximum absolute atomic E-state index is 12.9. The molecule has 0 bridgehead atoms. The lowest BCUT2D eigenvalue weighted by molar-refractivity contribution is -0.137. The summed E-state index contributed by atoms with van der Waals surface area (Å²) in [6.07, 6.45) is -4.00. The summed E-state index contributed by atoms with van der Waals surface area (Å²) in [4.78, 5) is 16.3. The van der Waals surface area contributed by atoms with Crippen molar-refractivity contribution in [2.75, 3.05) is 7.11 Å². The predicted octanol–water partition coefficient (Wildman–Crippen LogP) is 5.79. The minimum Gasteiger partial charge on any atom is -0.465 e. The van der Waals surface area contributed by atoms with Gasteiger partial charge in [-0.3, -0.25) is 4.99 Å². The molecule has 0 aliphatic heterocycles. The molecular weight excluding hydrogens is 417 g/mol. The highest BCUT2D eigenvalue weighted by Gasteiger charge is 2.30. The van der Waals surface area contributed by atoms with Crippen LogP contribution in [0, 0.1) is 11.3 Å². The van der Waals surface area contributed by atoms with E-state index in [4.69, 9.17) is 4.74 Å². The van der Waals surface area contributed by atoms with Crippen LogP contribution in [0.3, 0.4) is 0 Å². The van der Waals surface area contributed by atoms with Crippen LogP contribution in [-0.4, -0.2) is 18.8 Å². The molecular formula is C25H19F3N2O2. The van der Waals surface area contributed by atoms with E-state index in [1.807, 2.05) is 36.4 Å². The first-order valence-corrected chi connectivity index (χ1v) is 9.69. The summed E-state index contributed by atoms with van der Waals surface area (Å²) in [6, 6.07) is 22.0. The Bertz CT molecular complexity index is 1130. The summed E-state index contributed by atoms with van der Waals surface area (Å²) < 4.78 is 43.3. The standard InChI is InChI=1S/C25H19F3N2O2/c1-32-24(31)20-9-7-18(8-10-20)22(15-17-5-3-2-4-6-17)30-23(16-29)19-11-13-21(14-12-19)25(26,27)28/h2-14,22H,15H2,1H3/b30-23+/t22-/m1/s1. The van der Waals surface area contributed by atoms with Crippen LogP contribution in [0.2, 0.25) is 0 Å². The SMILES string of the molecule is COC(=O)c1ccc([C@@H](Cc2ccccc2)/N=C(\C#N)c2ccc(C(F)(F)F)cc2)cc1. The van der Waals surface area contributed by atoms with Crippen LogP contribution < -0.4 is 0 Å². The van der Waals surface area contributed by atoms with Gasteiger partial charge in [-0.2, -0.15) is 18.4 Å². The van der Waals surface area contributed by atoms with Gasteiger partial charge in [-0.05, 0) is 41.8 Å². The maximum Gasteiger partial charge on any atom is 0.416 e. The van der Waals surface area contributed by atoms with Crippen molar-refractivity contribution in [2.24, 2.45) is 4.99 Å². The molecule has 32 heavy (non-hydrogen) atoms. The molecule has 0 aliphatic rings. The minimum absolute atomic E-state index is 0.0247. The van der Waals surface area contributed by atoms with Gasteiger partial charge in [0.2, 0.25) is 0 Å². The lowest BCUT2D eigenvalue weighted by Gasteiger charge is -2.15. The topological polar surface area (TPSA) is 62.4 Å². The number of nitrogens with zero attached hydrogens (tertiary/aromatic N) is 2. The quantitative estimate of drug-likeness (QED) is 0.363. The molecule has 0 radical (unpaired) electrons. The third-order valence-electron chi connectivity index (χ3n) is 4.86. The third kappa shape index (κ3) is 5.61. The van der Waals surface area contributed by atoms with Gasteiger partial charge in [0, 0.05) is 5.56 Å². The minimum atomic E-state index is -4.46. The van der Waals surface area contributed by atoms with Crippen molar-refractivity contribution in [3.63, 3.8) is 0 Å². The molecule has 0 N–H and O–H groups in total.